The van der Waals surface area contributed by atoms with Crippen molar-refractivity contribution in [1.82, 2.24) is 15.1 Å². The van der Waals surface area contributed by atoms with Crippen molar-refractivity contribution < 1.29 is 4.52 Å². The minimum Gasteiger partial charge on any atom is -0.353 e. The van der Waals surface area contributed by atoms with Crippen LogP contribution in [0.2, 0.25) is 0 Å². The standard InChI is InChI=1S/C14H18N4O/c1-9-12-13(15-8-16-14(12)19-17-9)18-7-3-6-11(18)10-4-2-5-10/h8,10-11H,2-7H2,1H3/t11-/m0/s1. The molecule has 2 aromatic heterocycles. The molecule has 100 valence electrons. The summed E-state index contributed by atoms with van der Waals surface area (Å²) in [6.07, 6.45) is 8.28. The fourth-order valence-electron chi connectivity index (χ4n) is 3.49. The van der Waals surface area contributed by atoms with Crippen LogP contribution in [0.15, 0.2) is 10.9 Å². The summed E-state index contributed by atoms with van der Waals surface area (Å²) in [6, 6.07) is 0.654. The van der Waals surface area contributed by atoms with Crippen LogP contribution in [0.25, 0.3) is 11.1 Å². The average Bonchev–Trinajstić information content (AvgIpc) is 2.95. The molecule has 3 heterocycles. The maximum Gasteiger partial charge on any atom is 0.263 e. The highest BCUT2D eigenvalue weighted by atomic mass is 16.5. The molecule has 0 spiro atoms. The first-order valence-electron chi connectivity index (χ1n) is 7.18. The summed E-state index contributed by atoms with van der Waals surface area (Å²) in [4.78, 5) is 11.2. The van der Waals surface area contributed by atoms with Gasteiger partial charge in [-0.15, -0.1) is 0 Å². The molecular weight excluding hydrogens is 240 g/mol. The molecule has 19 heavy (non-hydrogen) atoms. The smallest absolute Gasteiger partial charge is 0.263 e. The summed E-state index contributed by atoms with van der Waals surface area (Å²) < 4.78 is 5.26. The van der Waals surface area contributed by atoms with Crippen molar-refractivity contribution in [3.05, 3.63) is 12.0 Å². The lowest BCUT2D eigenvalue weighted by Crippen LogP contribution is -2.39. The van der Waals surface area contributed by atoms with Crippen molar-refractivity contribution in [2.24, 2.45) is 5.92 Å². The summed E-state index contributed by atoms with van der Waals surface area (Å²) >= 11 is 0. The molecule has 1 aliphatic carbocycles. The monoisotopic (exact) mass is 258 g/mol. The van der Waals surface area contributed by atoms with E-state index in [1.54, 1.807) is 6.33 Å². The molecule has 0 unspecified atom stereocenters. The Kier molecular flexibility index (Phi) is 2.47. The molecule has 1 atom stereocenters. The number of aryl methyl sites for hydroxylation is 1. The molecule has 0 amide bonds. The molecule has 2 aliphatic rings. The zero-order valence-corrected chi connectivity index (χ0v) is 11.2. The van der Waals surface area contributed by atoms with E-state index >= 15 is 0 Å². The second-order valence-corrected chi connectivity index (χ2v) is 5.74. The zero-order chi connectivity index (χ0) is 12.8. The highest BCUT2D eigenvalue weighted by molar-refractivity contribution is 5.88. The van der Waals surface area contributed by atoms with Gasteiger partial charge in [-0.2, -0.15) is 4.98 Å². The van der Waals surface area contributed by atoms with Crippen LogP contribution in [0, 0.1) is 12.8 Å². The van der Waals surface area contributed by atoms with Crippen molar-refractivity contribution in [3.8, 4) is 0 Å². The molecule has 0 N–H and O–H groups in total. The molecule has 1 aliphatic heterocycles. The van der Waals surface area contributed by atoms with Gasteiger partial charge < -0.3 is 9.42 Å². The van der Waals surface area contributed by atoms with E-state index in [0.717, 1.165) is 29.4 Å². The molecule has 2 fully saturated rings. The van der Waals surface area contributed by atoms with E-state index in [9.17, 15) is 0 Å². The Balaban J connectivity index is 1.78. The first-order chi connectivity index (χ1) is 9.34. The third-order valence-corrected chi connectivity index (χ3v) is 4.69. The number of aromatic nitrogens is 3. The van der Waals surface area contributed by atoms with Gasteiger partial charge in [-0.1, -0.05) is 11.6 Å². The zero-order valence-electron chi connectivity index (χ0n) is 11.2. The normalized spacial score (nSPS) is 24.1. The Labute approximate surface area is 112 Å². The quantitative estimate of drug-likeness (QED) is 0.829. The van der Waals surface area contributed by atoms with Crippen LogP contribution in [0.4, 0.5) is 5.82 Å². The fraction of sp³-hybridized carbons (Fsp3) is 0.643. The maximum absolute atomic E-state index is 5.26. The van der Waals surface area contributed by atoms with Crippen molar-refractivity contribution in [2.45, 2.75) is 45.1 Å². The van der Waals surface area contributed by atoms with Gasteiger partial charge in [-0.3, -0.25) is 0 Å². The van der Waals surface area contributed by atoms with Gasteiger partial charge in [-0.25, -0.2) is 4.98 Å². The first-order valence-corrected chi connectivity index (χ1v) is 7.18. The molecule has 5 heteroatoms. The van der Waals surface area contributed by atoms with Crippen LogP contribution in [0.1, 0.15) is 37.8 Å². The molecule has 2 aromatic rings. The van der Waals surface area contributed by atoms with E-state index in [4.69, 9.17) is 4.52 Å². The number of hydrogen-bond acceptors (Lipinski definition) is 5. The van der Waals surface area contributed by atoms with Crippen LogP contribution in [-0.2, 0) is 0 Å². The molecule has 4 rings (SSSR count). The largest absolute Gasteiger partial charge is 0.353 e. The second-order valence-electron chi connectivity index (χ2n) is 5.74. The Bertz CT molecular complexity index is 605. The van der Waals surface area contributed by atoms with Gasteiger partial charge >= 0.3 is 0 Å². The van der Waals surface area contributed by atoms with E-state index in [2.05, 4.69) is 20.0 Å². The van der Waals surface area contributed by atoms with E-state index in [1.165, 1.54) is 32.1 Å². The summed E-state index contributed by atoms with van der Waals surface area (Å²) in [7, 11) is 0. The molecule has 0 bridgehead atoms. The van der Waals surface area contributed by atoms with Crippen molar-refractivity contribution in [2.75, 3.05) is 11.4 Å². The molecule has 1 saturated heterocycles. The molecule has 5 nitrogen and oxygen atoms in total. The number of anilines is 1. The Hall–Kier alpha value is -1.65. The number of nitrogens with zero attached hydrogens (tertiary/aromatic N) is 4. The first kappa shape index (κ1) is 11.2. The van der Waals surface area contributed by atoms with Crippen molar-refractivity contribution >= 4 is 16.9 Å². The topological polar surface area (TPSA) is 55.1 Å². The third kappa shape index (κ3) is 1.64. The average molecular weight is 258 g/mol. The van der Waals surface area contributed by atoms with Gasteiger partial charge in [0.05, 0.1) is 5.69 Å². The van der Waals surface area contributed by atoms with Crippen LogP contribution in [0.5, 0.6) is 0 Å². The molecule has 1 saturated carbocycles. The van der Waals surface area contributed by atoms with Crippen molar-refractivity contribution in [1.29, 1.82) is 0 Å². The van der Waals surface area contributed by atoms with Gasteiger partial charge in [0.2, 0.25) is 0 Å². The summed E-state index contributed by atoms with van der Waals surface area (Å²) in [5.41, 5.74) is 1.51. The van der Waals surface area contributed by atoms with Crippen LogP contribution in [0.3, 0.4) is 0 Å². The minimum absolute atomic E-state index is 0.613. The second kappa shape index (κ2) is 4.18. The van der Waals surface area contributed by atoms with E-state index < -0.39 is 0 Å². The lowest BCUT2D eigenvalue weighted by molar-refractivity contribution is 0.261. The third-order valence-electron chi connectivity index (χ3n) is 4.69. The summed E-state index contributed by atoms with van der Waals surface area (Å²) in [5.74, 6) is 1.88. The van der Waals surface area contributed by atoms with Gasteiger partial charge in [0, 0.05) is 12.6 Å². The van der Waals surface area contributed by atoms with Crippen LogP contribution < -0.4 is 4.90 Å². The predicted octanol–water partition coefficient (Wildman–Crippen LogP) is 2.70. The van der Waals surface area contributed by atoms with Gasteiger partial charge in [-0.05, 0) is 38.5 Å². The molecular formula is C14H18N4O. The SMILES string of the molecule is Cc1noc2ncnc(N3CCC[C@H]3C3CCC3)c12. The highest BCUT2D eigenvalue weighted by Crippen LogP contribution is 2.40. The van der Waals surface area contributed by atoms with Crippen LogP contribution in [-0.4, -0.2) is 27.7 Å². The maximum atomic E-state index is 5.26. The summed E-state index contributed by atoms with van der Waals surface area (Å²) in [5, 5.41) is 5.02. The van der Waals surface area contributed by atoms with E-state index in [-0.39, 0.29) is 0 Å². The molecule has 0 radical (unpaired) electrons. The fourth-order valence-corrected chi connectivity index (χ4v) is 3.49. The number of rotatable bonds is 2. The predicted molar refractivity (Wildman–Crippen MR) is 72.0 cm³/mol. The Morgan fingerprint density at radius 2 is 2.11 bits per heavy atom. The Morgan fingerprint density at radius 1 is 1.21 bits per heavy atom. The van der Waals surface area contributed by atoms with E-state index in [1.807, 2.05) is 6.92 Å². The lowest BCUT2D eigenvalue weighted by atomic mass is 9.79. The minimum atomic E-state index is 0.613. The van der Waals surface area contributed by atoms with Gasteiger partial charge in [0.15, 0.2) is 0 Å². The Morgan fingerprint density at radius 3 is 2.89 bits per heavy atom. The van der Waals surface area contributed by atoms with Gasteiger partial charge in [0.25, 0.3) is 5.71 Å². The molecule has 0 aromatic carbocycles. The highest BCUT2D eigenvalue weighted by Gasteiger charge is 2.36. The van der Waals surface area contributed by atoms with E-state index in [0.29, 0.717) is 11.8 Å². The van der Waals surface area contributed by atoms with Crippen LogP contribution >= 0.6 is 0 Å². The number of hydrogen-bond donors (Lipinski definition) is 0. The number of fused-ring (bicyclic) bond motifs is 1. The van der Waals surface area contributed by atoms with Gasteiger partial charge in [0.1, 0.15) is 17.5 Å². The summed E-state index contributed by atoms with van der Waals surface area (Å²) in [6.45, 7) is 3.06. The van der Waals surface area contributed by atoms with Crippen molar-refractivity contribution in [3.63, 3.8) is 0 Å². The lowest BCUT2D eigenvalue weighted by Gasteiger charge is -2.37.